The number of nitrogens with zero attached hydrogens (tertiary/aromatic N) is 4. The van der Waals surface area contributed by atoms with Crippen molar-refractivity contribution in [3.8, 4) is 5.69 Å². The molecule has 0 bridgehead atoms. The van der Waals surface area contributed by atoms with Crippen molar-refractivity contribution in [2.45, 2.75) is 18.0 Å². The molecule has 6 nitrogen and oxygen atoms in total. The number of thioether (sulfide) groups is 1. The molecule has 3 heterocycles. The normalized spacial score (nSPS) is 17.9. The fourth-order valence-corrected chi connectivity index (χ4v) is 3.93. The fourth-order valence-electron chi connectivity index (χ4n) is 2.90. The molecule has 25 heavy (non-hydrogen) atoms. The van der Waals surface area contributed by atoms with Gasteiger partial charge < -0.3 is 4.74 Å². The van der Waals surface area contributed by atoms with Gasteiger partial charge in [0, 0.05) is 30.4 Å². The van der Waals surface area contributed by atoms with Crippen molar-refractivity contribution < 1.29 is 9.13 Å². The molecular formula is C17H17FN4O2S. The van der Waals surface area contributed by atoms with Crippen LogP contribution in [0.4, 0.5) is 4.39 Å². The van der Waals surface area contributed by atoms with Gasteiger partial charge in [-0.3, -0.25) is 13.8 Å². The number of benzene rings is 1. The Bertz CT molecular complexity index is 932. The van der Waals surface area contributed by atoms with Crippen LogP contribution >= 0.6 is 11.8 Å². The quantitative estimate of drug-likeness (QED) is 0.669. The highest BCUT2D eigenvalue weighted by Gasteiger charge is 2.17. The Balaban J connectivity index is 1.60. The molecule has 130 valence electrons. The molecule has 0 amide bonds. The predicted molar refractivity (Wildman–Crippen MR) is 92.8 cm³/mol. The van der Waals surface area contributed by atoms with Crippen LogP contribution in [0.25, 0.3) is 11.3 Å². The van der Waals surface area contributed by atoms with E-state index in [-0.39, 0.29) is 17.0 Å². The first-order valence-electron chi connectivity index (χ1n) is 8.15. The lowest BCUT2D eigenvalue weighted by Gasteiger charge is -2.20. The molecule has 0 radical (unpaired) electrons. The predicted octanol–water partition coefficient (Wildman–Crippen LogP) is 2.54. The maximum atomic E-state index is 13.1. The van der Waals surface area contributed by atoms with Crippen LogP contribution in [0.5, 0.6) is 0 Å². The van der Waals surface area contributed by atoms with Crippen molar-refractivity contribution in [1.82, 2.24) is 19.2 Å². The van der Waals surface area contributed by atoms with Crippen LogP contribution < -0.4 is 5.56 Å². The molecule has 1 aliphatic heterocycles. The zero-order valence-corrected chi connectivity index (χ0v) is 14.3. The van der Waals surface area contributed by atoms with Crippen molar-refractivity contribution >= 4 is 17.4 Å². The molecule has 4 rings (SSSR count). The van der Waals surface area contributed by atoms with Gasteiger partial charge in [-0.05, 0) is 43.0 Å². The molecule has 0 spiro atoms. The molecule has 0 N–H and O–H groups in total. The van der Waals surface area contributed by atoms with Crippen LogP contribution in [0.1, 0.15) is 12.8 Å². The van der Waals surface area contributed by atoms with Crippen molar-refractivity contribution in [3.63, 3.8) is 0 Å². The number of halogens is 1. The third-order valence-electron chi connectivity index (χ3n) is 4.25. The van der Waals surface area contributed by atoms with Gasteiger partial charge in [-0.25, -0.2) is 4.39 Å². The Morgan fingerprint density at radius 1 is 1.24 bits per heavy atom. The lowest BCUT2D eigenvalue weighted by molar-refractivity contribution is 0.0632. The van der Waals surface area contributed by atoms with Gasteiger partial charge in [-0.2, -0.15) is 0 Å². The number of hydrogen-bond donors (Lipinski definition) is 0. The maximum absolute atomic E-state index is 13.1. The van der Waals surface area contributed by atoms with Crippen LogP contribution in [-0.2, 0) is 4.74 Å². The summed E-state index contributed by atoms with van der Waals surface area (Å²) in [7, 11) is 0. The maximum Gasteiger partial charge on any atom is 0.300 e. The molecule has 3 aromatic rings. The van der Waals surface area contributed by atoms with Crippen LogP contribution in [-0.4, -0.2) is 38.1 Å². The summed E-state index contributed by atoms with van der Waals surface area (Å²) in [5.74, 6) is 1.05. The number of hydrogen-bond acceptors (Lipinski definition) is 5. The van der Waals surface area contributed by atoms with E-state index < -0.39 is 0 Å². The number of fused-ring (bicyclic) bond motifs is 1. The minimum Gasteiger partial charge on any atom is -0.381 e. The average molecular weight is 360 g/mol. The molecule has 2 aromatic heterocycles. The summed E-state index contributed by atoms with van der Waals surface area (Å²) in [4.78, 5) is 12.6. The highest BCUT2D eigenvalue weighted by molar-refractivity contribution is 7.99. The first-order valence-corrected chi connectivity index (χ1v) is 9.14. The second-order valence-corrected chi connectivity index (χ2v) is 7.01. The summed E-state index contributed by atoms with van der Waals surface area (Å²) in [5, 5.41) is 8.89. The van der Waals surface area contributed by atoms with Crippen molar-refractivity contribution in [3.05, 3.63) is 52.8 Å². The molecule has 1 fully saturated rings. The van der Waals surface area contributed by atoms with E-state index in [1.807, 2.05) is 0 Å². The Morgan fingerprint density at radius 2 is 2.08 bits per heavy atom. The van der Waals surface area contributed by atoms with Crippen LogP contribution in [0, 0.1) is 11.7 Å². The van der Waals surface area contributed by atoms with E-state index in [0.717, 1.165) is 31.8 Å². The van der Waals surface area contributed by atoms with Gasteiger partial charge in [0.15, 0.2) is 5.16 Å². The minimum absolute atomic E-state index is 0.259. The summed E-state index contributed by atoms with van der Waals surface area (Å²) in [5.41, 5.74) is 0.564. The van der Waals surface area contributed by atoms with Crippen LogP contribution in [0.15, 0.2) is 46.6 Å². The Kier molecular flexibility index (Phi) is 4.54. The highest BCUT2D eigenvalue weighted by Crippen LogP contribution is 2.23. The summed E-state index contributed by atoms with van der Waals surface area (Å²) >= 11 is 1.59. The fraction of sp³-hybridized carbons (Fsp3) is 0.353. The van der Waals surface area contributed by atoms with E-state index in [9.17, 15) is 9.18 Å². The lowest BCUT2D eigenvalue weighted by atomic mass is 10.1. The third-order valence-corrected chi connectivity index (χ3v) is 5.42. The van der Waals surface area contributed by atoms with Gasteiger partial charge in [0.05, 0.1) is 6.61 Å². The zero-order chi connectivity index (χ0) is 17.2. The topological polar surface area (TPSA) is 61.4 Å². The second-order valence-electron chi connectivity index (χ2n) is 6.02. The number of aromatic nitrogens is 4. The molecule has 1 aliphatic rings. The highest BCUT2D eigenvalue weighted by atomic mass is 32.2. The van der Waals surface area contributed by atoms with Crippen molar-refractivity contribution in [2.75, 3.05) is 19.0 Å². The number of rotatable bonds is 4. The smallest absolute Gasteiger partial charge is 0.300 e. The van der Waals surface area contributed by atoms with Gasteiger partial charge in [-0.1, -0.05) is 11.8 Å². The molecule has 1 aromatic carbocycles. The van der Waals surface area contributed by atoms with E-state index in [1.54, 1.807) is 40.7 Å². The Labute approximate surface area is 147 Å². The summed E-state index contributed by atoms with van der Waals surface area (Å²) in [6.07, 6.45) is 5.66. The first-order chi connectivity index (χ1) is 12.2. The molecular weight excluding hydrogens is 343 g/mol. The van der Waals surface area contributed by atoms with Gasteiger partial charge in [0.1, 0.15) is 5.82 Å². The Hall–Kier alpha value is -2.19. The van der Waals surface area contributed by atoms with E-state index in [2.05, 4.69) is 10.2 Å². The van der Waals surface area contributed by atoms with E-state index in [0.29, 0.717) is 16.8 Å². The number of ether oxygens (including phenoxy) is 1. The van der Waals surface area contributed by atoms with Crippen LogP contribution in [0.3, 0.4) is 0 Å². The third kappa shape index (κ3) is 3.32. The minimum atomic E-state index is -0.342. The first kappa shape index (κ1) is 16.3. The van der Waals surface area contributed by atoms with Gasteiger partial charge in [0.25, 0.3) is 0 Å². The van der Waals surface area contributed by atoms with Crippen molar-refractivity contribution in [1.29, 1.82) is 0 Å². The van der Waals surface area contributed by atoms with E-state index in [1.165, 1.54) is 16.7 Å². The SMILES string of the molecule is O=c1c2nnc(SCC3CCCOC3)n2ccn1-c1ccc(F)cc1. The molecule has 1 unspecified atom stereocenters. The van der Waals surface area contributed by atoms with Gasteiger partial charge >= 0.3 is 5.56 Å². The van der Waals surface area contributed by atoms with E-state index in [4.69, 9.17) is 4.74 Å². The standard InChI is InChI=1S/C17H17FN4O2S/c18-13-3-5-14(6-4-13)21-7-8-22-15(16(21)23)19-20-17(22)25-11-12-2-1-9-24-10-12/h3-8,12H,1-2,9-11H2. The largest absolute Gasteiger partial charge is 0.381 e. The van der Waals surface area contributed by atoms with E-state index >= 15 is 0 Å². The monoisotopic (exact) mass is 360 g/mol. The van der Waals surface area contributed by atoms with Crippen molar-refractivity contribution in [2.24, 2.45) is 5.92 Å². The lowest BCUT2D eigenvalue weighted by Crippen LogP contribution is -2.20. The molecule has 0 saturated carbocycles. The summed E-state index contributed by atoms with van der Waals surface area (Å²) < 4.78 is 21.7. The molecule has 8 heteroatoms. The summed E-state index contributed by atoms with van der Waals surface area (Å²) in [6, 6.07) is 5.76. The molecule has 1 saturated heterocycles. The van der Waals surface area contributed by atoms with Gasteiger partial charge in [-0.15, -0.1) is 10.2 Å². The zero-order valence-electron chi connectivity index (χ0n) is 13.5. The second kappa shape index (κ2) is 6.97. The summed E-state index contributed by atoms with van der Waals surface area (Å²) in [6.45, 7) is 1.62. The molecule has 1 atom stereocenters. The Morgan fingerprint density at radius 3 is 2.84 bits per heavy atom. The van der Waals surface area contributed by atoms with Gasteiger partial charge in [0.2, 0.25) is 5.65 Å². The molecule has 0 aliphatic carbocycles. The van der Waals surface area contributed by atoms with Crippen LogP contribution in [0.2, 0.25) is 0 Å². The average Bonchev–Trinajstić information content (AvgIpc) is 3.06.